The second kappa shape index (κ2) is 3.15. The van der Waals surface area contributed by atoms with Gasteiger partial charge in [0.05, 0.1) is 12.7 Å². The van der Waals surface area contributed by atoms with Crippen LogP contribution in [-0.2, 0) is 9.47 Å². The zero-order valence-corrected chi connectivity index (χ0v) is 5.54. The average Bonchev–Trinajstić information content (AvgIpc) is 1.89. The maximum absolute atomic E-state index is 9.12. The molecular weight excluding hydrogens is 120 g/mol. The molecule has 1 aliphatic rings. The fourth-order valence-corrected chi connectivity index (χ4v) is 0.978. The van der Waals surface area contributed by atoms with Gasteiger partial charge in [0.15, 0.2) is 0 Å². The largest absolute Gasteiger partial charge is 0.388 e. The maximum Gasteiger partial charge on any atom is 0.103 e. The third-order valence-electron chi connectivity index (χ3n) is 1.57. The van der Waals surface area contributed by atoms with E-state index < -0.39 is 6.10 Å². The molecule has 0 unspecified atom stereocenters. The van der Waals surface area contributed by atoms with Gasteiger partial charge in [-0.25, -0.2) is 0 Å². The monoisotopic (exact) mass is 132 g/mol. The lowest BCUT2D eigenvalue weighted by atomic mass is 10.1. The van der Waals surface area contributed by atoms with Crippen molar-refractivity contribution in [3.05, 3.63) is 0 Å². The van der Waals surface area contributed by atoms with E-state index >= 15 is 0 Å². The number of aliphatic hydroxyl groups is 1. The normalized spacial score (nSPS) is 36.7. The molecule has 0 aromatic heterocycles. The molecule has 0 spiro atoms. The molecule has 0 bridgehead atoms. The first-order valence-corrected chi connectivity index (χ1v) is 3.13. The first-order valence-electron chi connectivity index (χ1n) is 3.13. The predicted molar refractivity (Wildman–Crippen MR) is 32.2 cm³/mol. The van der Waals surface area contributed by atoms with Gasteiger partial charge in [-0.05, 0) is 6.42 Å². The first kappa shape index (κ1) is 6.99. The molecular formula is C6H12O3. The van der Waals surface area contributed by atoms with E-state index in [4.69, 9.17) is 14.6 Å². The van der Waals surface area contributed by atoms with Crippen LogP contribution >= 0.6 is 0 Å². The quantitative estimate of drug-likeness (QED) is 0.536. The molecule has 1 heterocycles. The second-order valence-corrected chi connectivity index (χ2v) is 2.21. The Hall–Kier alpha value is -0.120. The number of rotatable bonds is 1. The summed E-state index contributed by atoms with van der Waals surface area (Å²) in [5.41, 5.74) is 0. The van der Waals surface area contributed by atoms with E-state index in [1.165, 1.54) is 0 Å². The Morgan fingerprint density at radius 2 is 2.44 bits per heavy atom. The maximum atomic E-state index is 9.12. The van der Waals surface area contributed by atoms with E-state index in [0.717, 1.165) is 6.42 Å². The summed E-state index contributed by atoms with van der Waals surface area (Å²) in [4.78, 5) is 0. The van der Waals surface area contributed by atoms with E-state index in [1.54, 1.807) is 7.11 Å². The standard InChI is InChI=1S/C6H12O3/c1-8-6-2-3-9-4-5(6)7/h5-7H,2-4H2,1H3/t5-,6+/m1/s1. The van der Waals surface area contributed by atoms with E-state index in [2.05, 4.69) is 0 Å². The number of hydrogen-bond donors (Lipinski definition) is 1. The van der Waals surface area contributed by atoms with Crippen LogP contribution in [0.15, 0.2) is 0 Å². The lowest BCUT2D eigenvalue weighted by molar-refractivity contribution is -0.100. The van der Waals surface area contributed by atoms with Gasteiger partial charge < -0.3 is 14.6 Å². The van der Waals surface area contributed by atoms with Crippen molar-refractivity contribution in [3.63, 3.8) is 0 Å². The van der Waals surface area contributed by atoms with Gasteiger partial charge >= 0.3 is 0 Å². The summed E-state index contributed by atoms with van der Waals surface area (Å²) in [5.74, 6) is 0. The van der Waals surface area contributed by atoms with Crippen molar-refractivity contribution in [2.24, 2.45) is 0 Å². The van der Waals surface area contributed by atoms with Gasteiger partial charge in [0.25, 0.3) is 0 Å². The summed E-state index contributed by atoms with van der Waals surface area (Å²) in [6, 6.07) is 0. The minimum Gasteiger partial charge on any atom is -0.388 e. The molecule has 1 saturated heterocycles. The highest BCUT2D eigenvalue weighted by Gasteiger charge is 2.22. The Morgan fingerprint density at radius 3 is 2.89 bits per heavy atom. The highest BCUT2D eigenvalue weighted by molar-refractivity contribution is 4.71. The number of ether oxygens (including phenoxy) is 2. The van der Waals surface area contributed by atoms with E-state index in [1.807, 2.05) is 0 Å². The van der Waals surface area contributed by atoms with Gasteiger partial charge in [0, 0.05) is 13.7 Å². The zero-order chi connectivity index (χ0) is 6.69. The minimum absolute atomic E-state index is 0.0150. The zero-order valence-electron chi connectivity index (χ0n) is 5.54. The van der Waals surface area contributed by atoms with Crippen molar-refractivity contribution in [1.82, 2.24) is 0 Å². The molecule has 0 radical (unpaired) electrons. The number of aliphatic hydroxyl groups excluding tert-OH is 1. The lowest BCUT2D eigenvalue weighted by Gasteiger charge is -2.25. The highest BCUT2D eigenvalue weighted by atomic mass is 16.5. The van der Waals surface area contributed by atoms with Crippen molar-refractivity contribution in [2.45, 2.75) is 18.6 Å². The van der Waals surface area contributed by atoms with Crippen molar-refractivity contribution in [1.29, 1.82) is 0 Å². The Morgan fingerprint density at radius 1 is 1.67 bits per heavy atom. The van der Waals surface area contributed by atoms with Crippen LogP contribution in [0, 0.1) is 0 Å². The number of methoxy groups -OCH3 is 1. The molecule has 54 valence electrons. The Balaban J connectivity index is 2.30. The highest BCUT2D eigenvalue weighted by Crippen LogP contribution is 2.09. The Kier molecular flexibility index (Phi) is 2.45. The smallest absolute Gasteiger partial charge is 0.103 e. The molecule has 1 rings (SSSR count). The Bertz CT molecular complexity index is 84.4. The molecule has 3 heteroatoms. The summed E-state index contributed by atoms with van der Waals surface area (Å²) in [5, 5.41) is 9.12. The van der Waals surface area contributed by atoms with E-state index in [-0.39, 0.29) is 6.10 Å². The molecule has 0 aliphatic carbocycles. The molecule has 1 N–H and O–H groups in total. The van der Waals surface area contributed by atoms with E-state index in [0.29, 0.717) is 13.2 Å². The Labute approximate surface area is 54.6 Å². The molecule has 3 nitrogen and oxygen atoms in total. The van der Waals surface area contributed by atoms with Gasteiger partial charge in [-0.1, -0.05) is 0 Å². The molecule has 1 aliphatic heterocycles. The van der Waals surface area contributed by atoms with Crippen molar-refractivity contribution in [3.8, 4) is 0 Å². The fraction of sp³-hybridized carbons (Fsp3) is 1.00. The SMILES string of the molecule is CO[C@H]1CCOC[C@H]1O. The topological polar surface area (TPSA) is 38.7 Å². The van der Waals surface area contributed by atoms with Crippen LogP contribution in [0.2, 0.25) is 0 Å². The van der Waals surface area contributed by atoms with Gasteiger partial charge in [0.2, 0.25) is 0 Å². The third-order valence-corrected chi connectivity index (χ3v) is 1.57. The van der Waals surface area contributed by atoms with Crippen LogP contribution in [0.5, 0.6) is 0 Å². The molecule has 0 saturated carbocycles. The van der Waals surface area contributed by atoms with Gasteiger partial charge in [0.1, 0.15) is 6.10 Å². The predicted octanol–water partition coefficient (Wildman–Crippen LogP) is -0.217. The summed E-state index contributed by atoms with van der Waals surface area (Å²) in [6.07, 6.45) is 0.361. The first-order chi connectivity index (χ1) is 4.34. The van der Waals surface area contributed by atoms with Gasteiger partial charge in [-0.3, -0.25) is 0 Å². The third kappa shape index (κ3) is 1.64. The summed E-state index contributed by atoms with van der Waals surface area (Å²) < 4.78 is 9.96. The molecule has 9 heavy (non-hydrogen) atoms. The molecule has 0 aromatic carbocycles. The van der Waals surface area contributed by atoms with Crippen molar-refractivity contribution in [2.75, 3.05) is 20.3 Å². The summed E-state index contributed by atoms with van der Waals surface area (Å²) in [6.45, 7) is 1.12. The van der Waals surface area contributed by atoms with Crippen LogP contribution in [0.25, 0.3) is 0 Å². The average molecular weight is 132 g/mol. The van der Waals surface area contributed by atoms with Crippen molar-refractivity contribution < 1.29 is 14.6 Å². The van der Waals surface area contributed by atoms with Crippen LogP contribution in [-0.4, -0.2) is 37.6 Å². The summed E-state index contributed by atoms with van der Waals surface area (Å²) in [7, 11) is 1.61. The molecule has 1 fully saturated rings. The van der Waals surface area contributed by atoms with Gasteiger partial charge in [-0.2, -0.15) is 0 Å². The van der Waals surface area contributed by atoms with E-state index in [9.17, 15) is 0 Å². The van der Waals surface area contributed by atoms with Crippen LogP contribution in [0.3, 0.4) is 0 Å². The summed E-state index contributed by atoms with van der Waals surface area (Å²) >= 11 is 0. The molecule has 0 aromatic rings. The number of hydrogen-bond acceptors (Lipinski definition) is 3. The fourth-order valence-electron chi connectivity index (χ4n) is 0.978. The van der Waals surface area contributed by atoms with Crippen LogP contribution in [0.1, 0.15) is 6.42 Å². The van der Waals surface area contributed by atoms with Crippen molar-refractivity contribution >= 4 is 0 Å². The van der Waals surface area contributed by atoms with Crippen LogP contribution in [0.4, 0.5) is 0 Å². The van der Waals surface area contributed by atoms with Crippen LogP contribution < -0.4 is 0 Å². The molecule has 0 amide bonds. The molecule has 2 atom stereocenters. The minimum atomic E-state index is -0.427. The van der Waals surface area contributed by atoms with Gasteiger partial charge in [-0.15, -0.1) is 0 Å². The second-order valence-electron chi connectivity index (χ2n) is 2.21. The lowest BCUT2D eigenvalue weighted by Crippen LogP contribution is -2.37.